The first-order valence-electron chi connectivity index (χ1n) is 3.82. The summed E-state index contributed by atoms with van der Waals surface area (Å²) in [5.74, 6) is 0. The van der Waals surface area contributed by atoms with Gasteiger partial charge in [-0.25, -0.2) is 0 Å². The Bertz CT molecular complexity index is 223. The maximum absolute atomic E-state index is 5.78. The highest BCUT2D eigenvalue weighted by molar-refractivity contribution is 6.30. The van der Waals surface area contributed by atoms with E-state index in [0.29, 0.717) is 0 Å². The van der Waals surface area contributed by atoms with E-state index in [9.17, 15) is 0 Å². The Morgan fingerprint density at radius 1 is 1.45 bits per heavy atom. The maximum atomic E-state index is 5.78. The Morgan fingerprint density at radius 2 is 2.27 bits per heavy atom. The number of nitrogens with one attached hydrogen (secondary N) is 1. The van der Waals surface area contributed by atoms with Crippen molar-refractivity contribution in [3.05, 3.63) is 29.3 Å². The Balaban J connectivity index is 2.56. The van der Waals surface area contributed by atoms with Gasteiger partial charge >= 0.3 is 0 Å². The first kappa shape index (κ1) is 8.41. The third-order valence-corrected chi connectivity index (χ3v) is 1.64. The molecule has 1 N–H and O–H groups in total. The second kappa shape index (κ2) is 4.24. The van der Waals surface area contributed by atoms with Gasteiger partial charge in [0.25, 0.3) is 0 Å². The molecule has 0 fully saturated rings. The van der Waals surface area contributed by atoms with Crippen LogP contribution in [-0.4, -0.2) is 6.54 Å². The Morgan fingerprint density at radius 3 is 2.91 bits per heavy atom. The van der Waals surface area contributed by atoms with Gasteiger partial charge in [0.1, 0.15) is 0 Å². The van der Waals surface area contributed by atoms with Crippen LogP contribution in [0, 0.1) is 0 Å². The summed E-state index contributed by atoms with van der Waals surface area (Å²) in [6, 6.07) is 7.76. The molecular formula is C9H12ClN. The van der Waals surface area contributed by atoms with Crippen molar-refractivity contribution in [2.75, 3.05) is 11.9 Å². The van der Waals surface area contributed by atoms with Crippen molar-refractivity contribution in [2.45, 2.75) is 13.3 Å². The first-order valence-corrected chi connectivity index (χ1v) is 4.20. The molecule has 0 aliphatic rings. The van der Waals surface area contributed by atoms with E-state index in [0.717, 1.165) is 23.7 Å². The van der Waals surface area contributed by atoms with E-state index >= 15 is 0 Å². The van der Waals surface area contributed by atoms with Crippen molar-refractivity contribution in [2.24, 2.45) is 0 Å². The normalized spacial score (nSPS) is 9.64. The van der Waals surface area contributed by atoms with E-state index in [1.165, 1.54) is 0 Å². The van der Waals surface area contributed by atoms with Gasteiger partial charge in [-0.1, -0.05) is 24.6 Å². The van der Waals surface area contributed by atoms with Crippen LogP contribution in [0.2, 0.25) is 5.02 Å². The lowest BCUT2D eigenvalue weighted by Gasteiger charge is -2.03. The highest BCUT2D eigenvalue weighted by atomic mass is 35.5. The van der Waals surface area contributed by atoms with Crippen LogP contribution < -0.4 is 5.32 Å². The molecule has 0 unspecified atom stereocenters. The molecular weight excluding hydrogens is 158 g/mol. The summed E-state index contributed by atoms with van der Waals surface area (Å²) in [5.41, 5.74) is 1.10. The maximum Gasteiger partial charge on any atom is 0.0426 e. The summed E-state index contributed by atoms with van der Waals surface area (Å²) in [7, 11) is 0. The monoisotopic (exact) mass is 169 g/mol. The predicted molar refractivity (Wildman–Crippen MR) is 50.2 cm³/mol. The first-order chi connectivity index (χ1) is 5.33. The molecule has 0 saturated heterocycles. The molecule has 0 bridgehead atoms. The van der Waals surface area contributed by atoms with E-state index in [2.05, 4.69) is 12.2 Å². The molecule has 1 aromatic rings. The number of halogens is 1. The van der Waals surface area contributed by atoms with Gasteiger partial charge in [0.05, 0.1) is 0 Å². The molecule has 0 amide bonds. The van der Waals surface area contributed by atoms with Crippen molar-refractivity contribution in [1.29, 1.82) is 0 Å². The Kier molecular flexibility index (Phi) is 3.24. The van der Waals surface area contributed by atoms with Crippen molar-refractivity contribution >= 4 is 17.3 Å². The van der Waals surface area contributed by atoms with Crippen molar-refractivity contribution in [1.82, 2.24) is 0 Å². The van der Waals surface area contributed by atoms with Crippen molar-refractivity contribution < 1.29 is 0 Å². The molecule has 0 radical (unpaired) electrons. The number of hydrogen-bond donors (Lipinski definition) is 1. The highest BCUT2D eigenvalue weighted by Gasteiger charge is 1.90. The van der Waals surface area contributed by atoms with Crippen LogP contribution in [0.4, 0.5) is 5.69 Å². The Hall–Kier alpha value is -0.690. The quantitative estimate of drug-likeness (QED) is 0.733. The summed E-state index contributed by atoms with van der Waals surface area (Å²) in [5, 5.41) is 4.03. The van der Waals surface area contributed by atoms with Gasteiger partial charge in [-0.15, -0.1) is 0 Å². The molecule has 0 atom stereocenters. The molecule has 0 spiro atoms. The lowest BCUT2D eigenvalue weighted by Crippen LogP contribution is -1.98. The van der Waals surface area contributed by atoms with Gasteiger partial charge in [0.15, 0.2) is 0 Å². The summed E-state index contributed by atoms with van der Waals surface area (Å²) in [6.07, 6.45) is 1.13. The molecule has 1 nitrogen and oxygen atoms in total. The van der Waals surface area contributed by atoms with Crippen LogP contribution in [0.3, 0.4) is 0 Å². The Labute approximate surface area is 72.4 Å². The van der Waals surface area contributed by atoms with Gasteiger partial charge in [0.2, 0.25) is 0 Å². The second-order valence-electron chi connectivity index (χ2n) is 2.44. The molecule has 0 aliphatic carbocycles. The van der Waals surface area contributed by atoms with Crippen LogP contribution in [-0.2, 0) is 0 Å². The zero-order valence-corrected chi connectivity index (χ0v) is 7.36. The van der Waals surface area contributed by atoms with Crippen LogP contribution in [0.25, 0.3) is 0 Å². The second-order valence-corrected chi connectivity index (χ2v) is 2.87. The van der Waals surface area contributed by atoms with Gasteiger partial charge in [0, 0.05) is 17.3 Å². The fourth-order valence-electron chi connectivity index (χ4n) is 0.868. The number of anilines is 1. The topological polar surface area (TPSA) is 12.0 Å². The molecule has 60 valence electrons. The molecule has 0 aliphatic heterocycles. The average Bonchev–Trinajstić information content (AvgIpc) is 2.01. The summed E-state index contributed by atoms with van der Waals surface area (Å²) in [6.45, 7) is 3.14. The smallest absolute Gasteiger partial charge is 0.0426 e. The third kappa shape index (κ3) is 2.81. The fourth-order valence-corrected chi connectivity index (χ4v) is 1.06. The van der Waals surface area contributed by atoms with Gasteiger partial charge in [-0.2, -0.15) is 0 Å². The van der Waals surface area contributed by atoms with E-state index in [1.807, 2.05) is 24.3 Å². The summed E-state index contributed by atoms with van der Waals surface area (Å²) in [4.78, 5) is 0. The molecule has 0 aromatic heterocycles. The minimum Gasteiger partial charge on any atom is -0.385 e. The van der Waals surface area contributed by atoms with Crippen molar-refractivity contribution in [3.8, 4) is 0 Å². The van der Waals surface area contributed by atoms with Crippen molar-refractivity contribution in [3.63, 3.8) is 0 Å². The van der Waals surface area contributed by atoms with Crippen LogP contribution in [0.1, 0.15) is 13.3 Å². The molecule has 0 saturated carbocycles. The number of hydrogen-bond acceptors (Lipinski definition) is 1. The lowest BCUT2D eigenvalue weighted by atomic mass is 10.3. The van der Waals surface area contributed by atoms with E-state index < -0.39 is 0 Å². The average molecular weight is 170 g/mol. The minimum absolute atomic E-state index is 0.783. The third-order valence-electron chi connectivity index (χ3n) is 1.40. The SMILES string of the molecule is CCCNc1cccc(Cl)c1. The molecule has 1 rings (SSSR count). The molecule has 0 heterocycles. The standard InChI is InChI=1S/C9H12ClN/c1-2-6-11-9-5-3-4-8(10)7-9/h3-5,7,11H,2,6H2,1H3. The van der Waals surface area contributed by atoms with Crippen LogP contribution in [0.5, 0.6) is 0 Å². The number of rotatable bonds is 3. The van der Waals surface area contributed by atoms with Gasteiger partial charge in [-0.3, -0.25) is 0 Å². The van der Waals surface area contributed by atoms with E-state index in [-0.39, 0.29) is 0 Å². The summed E-state index contributed by atoms with van der Waals surface area (Å²) >= 11 is 5.78. The summed E-state index contributed by atoms with van der Waals surface area (Å²) < 4.78 is 0. The zero-order chi connectivity index (χ0) is 8.10. The predicted octanol–water partition coefficient (Wildman–Crippen LogP) is 3.16. The lowest BCUT2D eigenvalue weighted by molar-refractivity contribution is 0.980. The molecule has 11 heavy (non-hydrogen) atoms. The highest BCUT2D eigenvalue weighted by Crippen LogP contribution is 2.14. The van der Waals surface area contributed by atoms with Gasteiger partial charge < -0.3 is 5.32 Å². The zero-order valence-electron chi connectivity index (χ0n) is 6.60. The molecule has 1 aromatic carbocycles. The fraction of sp³-hybridized carbons (Fsp3) is 0.333. The van der Waals surface area contributed by atoms with Crippen LogP contribution >= 0.6 is 11.6 Å². The number of benzene rings is 1. The van der Waals surface area contributed by atoms with Gasteiger partial charge in [-0.05, 0) is 24.6 Å². The van der Waals surface area contributed by atoms with E-state index in [1.54, 1.807) is 0 Å². The minimum atomic E-state index is 0.783. The molecule has 2 heteroatoms. The van der Waals surface area contributed by atoms with Crippen LogP contribution in [0.15, 0.2) is 24.3 Å². The largest absolute Gasteiger partial charge is 0.385 e. The van der Waals surface area contributed by atoms with E-state index in [4.69, 9.17) is 11.6 Å².